The molecule has 2 N–H and O–H groups in total. The maximum Gasteiger partial charge on any atom is 0.337 e. The molecule has 0 unspecified atom stereocenters. The van der Waals surface area contributed by atoms with Gasteiger partial charge < -0.3 is 10.4 Å². The fourth-order valence-electron chi connectivity index (χ4n) is 1.68. The molecule has 0 aromatic heterocycles. The Morgan fingerprint density at radius 1 is 1.30 bits per heavy atom. The average Bonchev–Trinajstić information content (AvgIpc) is 2.41. The summed E-state index contributed by atoms with van der Waals surface area (Å²) in [5, 5.41) is 12.2. The van der Waals surface area contributed by atoms with Crippen molar-refractivity contribution in [2.24, 2.45) is 0 Å². The normalized spacial score (nSPS) is 10.3. The van der Waals surface area contributed by atoms with Gasteiger partial charge in [0.2, 0.25) is 0 Å². The molecule has 3 nitrogen and oxygen atoms in total. The third-order valence-electron chi connectivity index (χ3n) is 2.69. The number of benzene rings is 2. The SMILES string of the molecule is O=C(O)c1cc(NCc2cc(F)ccc2Br)ccc1Cl. The molecule has 0 bridgehead atoms. The largest absolute Gasteiger partial charge is 0.478 e. The van der Waals surface area contributed by atoms with E-state index in [1.54, 1.807) is 12.1 Å². The Morgan fingerprint density at radius 2 is 2.05 bits per heavy atom. The first-order valence-electron chi connectivity index (χ1n) is 5.68. The summed E-state index contributed by atoms with van der Waals surface area (Å²) < 4.78 is 13.9. The number of hydrogen-bond donors (Lipinski definition) is 2. The lowest BCUT2D eigenvalue weighted by Crippen LogP contribution is -2.03. The monoisotopic (exact) mass is 357 g/mol. The first-order chi connectivity index (χ1) is 9.47. The minimum atomic E-state index is -1.09. The van der Waals surface area contributed by atoms with Crippen LogP contribution in [0, 0.1) is 5.82 Å². The Balaban J connectivity index is 2.17. The highest BCUT2D eigenvalue weighted by atomic mass is 79.9. The Bertz CT molecular complexity index is 664. The number of aromatic carboxylic acids is 1. The number of anilines is 1. The number of carboxylic acid groups (broad SMARTS) is 1. The number of rotatable bonds is 4. The first kappa shape index (κ1) is 14.8. The Kier molecular flexibility index (Phi) is 4.62. The standard InChI is InChI=1S/C14H10BrClFNO2/c15-12-3-1-9(17)5-8(12)7-18-10-2-4-13(16)11(6-10)14(19)20/h1-6,18H,7H2,(H,19,20). The van der Waals surface area contributed by atoms with Crippen molar-refractivity contribution in [2.75, 3.05) is 5.32 Å². The second kappa shape index (κ2) is 6.24. The van der Waals surface area contributed by atoms with E-state index in [-0.39, 0.29) is 16.4 Å². The number of nitrogens with one attached hydrogen (secondary N) is 1. The van der Waals surface area contributed by atoms with Crippen molar-refractivity contribution in [3.63, 3.8) is 0 Å². The van der Waals surface area contributed by atoms with Crippen molar-refractivity contribution >= 4 is 39.2 Å². The number of carboxylic acids is 1. The molecule has 0 fully saturated rings. The molecule has 0 aliphatic carbocycles. The van der Waals surface area contributed by atoms with Gasteiger partial charge in [-0.15, -0.1) is 0 Å². The molecule has 2 aromatic carbocycles. The van der Waals surface area contributed by atoms with Gasteiger partial charge in [0.25, 0.3) is 0 Å². The van der Waals surface area contributed by atoms with E-state index >= 15 is 0 Å². The average molecular weight is 359 g/mol. The molecule has 0 spiro atoms. The molecule has 0 aliphatic rings. The number of halogens is 3. The highest BCUT2D eigenvalue weighted by Crippen LogP contribution is 2.23. The summed E-state index contributed by atoms with van der Waals surface area (Å²) in [4.78, 5) is 11.0. The van der Waals surface area contributed by atoms with Crippen LogP contribution in [0.3, 0.4) is 0 Å². The van der Waals surface area contributed by atoms with Crippen molar-refractivity contribution in [3.8, 4) is 0 Å². The van der Waals surface area contributed by atoms with E-state index in [1.165, 1.54) is 24.3 Å². The molecule has 0 radical (unpaired) electrons. The van der Waals surface area contributed by atoms with Crippen molar-refractivity contribution in [2.45, 2.75) is 6.54 Å². The number of hydrogen-bond acceptors (Lipinski definition) is 2. The Labute approximate surface area is 128 Å². The molecule has 2 rings (SSSR count). The lowest BCUT2D eigenvalue weighted by Gasteiger charge is -2.10. The molecule has 20 heavy (non-hydrogen) atoms. The van der Waals surface area contributed by atoms with Gasteiger partial charge in [-0.25, -0.2) is 9.18 Å². The summed E-state index contributed by atoms with van der Waals surface area (Å²) in [7, 11) is 0. The maximum atomic E-state index is 13.2. The van der Waals surface area contributed by atoms with E-state index in [0.717, 1.165) is 10.0 Å². The van der Waals surface area contributed by atoms with Gasteiger partial charge in [-0.3, -0.25) is 0 Å². The van der Waals surface area contributed by atoms with Gasteiger partial charge >= 0.3 is 5.97 Å². The molecular formula is C14H10BrClFNO2. The van der Waals surface area contributed by atoms with Crippen LogP contribution < -0.4 is 5.32 Å². The van der Waals surface area contributed by atoms with E-state index in [0.29, 0.717) is 12.2 Å². The van der Waals surface area contributed by atoms with Crippen molar-refractivity contribution in [3.05, 3.63) is 62.8 Å². The van der Waals surface area contributed by atoms with Gasteiger partial charge in [0.15, 0.2) is 0 Å². The molecule has 104 valence electrons. The van der Waals surface area contributed by atoms with Crippen LogP contribution in [0.25, 0.3) is 0 Å². The summed E-state index contributed by atoms with van der Waals surface area (Å²) in [5.41, 5.74) is 1.36. The predicted octanol–water partition coefficient (Wildman–Crippen LogP) is 4.55. The molecule has 0 saturated carbocycles. The van der Waals surface area contributed by atoms with Crippen LogP contribution in [0.5, 0.6) is 0 Å². The van der Waals surface area contributed by atoms with Gasteiger partial charge in [-0.2, -0.15) is 0 Å². The van der Waals surface area contributed by atoms with E-state index in [1.807, 2.05) is 0 Å². The van der Waals surface area contributed by atoms with Gasteiger partial charge in [0.05, 0.1) is 10.6 Å². The molecule has 0 saturated heterocycles. The molecule has 6 heteroatoms. The van der Waals surface area contributed by atoms with Gasteiger partial charge in [-0.1, -0.05) is 27.5 Å². The lowest BCUT2D eigenvalue weighted by molar-refractivity contribution is 0.0697. The number of carbonyl (C=O) groups is 1. The van der Waals surface area contributed by atoms with E-state index < -0.39 is 5.97 Å². The second-order valence-electron chi connectivity index (χ2n) is 4.09. The van der Waals surface area contributed by atoms with E-state index in [9.17, 15) is 9.18 Å². The van der Waals surface area contributed by atoms with Crippen LogP contribution in [0.1, 0.15) is 15.9 Å². The fraction of sp³-hybridized carbons (Fsp3) is 0.0714. The zero-order valence-corrected chi connectivity index (χ0v) is 12.5. The molecule has 0 amide bonds. The second-order valence-corrected chi connectivity index (χ2v) is 5.35. The molecule has 0 heterocycles. The molecule has 0 aliphatic heterocycles. The summed E-state index contributed by atoms with van der Waals surface area (Å²) in [6.07, 6.45) is 0. The van der Waals surface area contributed by atoms with E-state index in [2.05, 4.69) is 21.2 Å². The zero-order chi connectivity index (χ0) is 14.7. The van der Waals surface area contributed by atoms with Crippen molar-refractivity contribution in [1.29, 1.82) is 0 Å². The van der Waals surface area contributed by atoms with Crippen molar-refractivity contribution < 1.29 is 14.3 Å². The van der Waals surface area contributed by atoms with Crippen molar-refractivity contribution in [1.82, 2.24) is 0 Å². The zero-order valence-electron chi connectivity index (χ0n) is 10.2. The first-order valence-corrected chi connectivity index (χ1v) is 6.85. The predicted molar refractivity (Wildman–Crippen MR) is 79.8 cm³/mol. The van der Waals surface area contributed by atoms with Crippen LogP contribution >= 0.6 is 27.5 Å². The summed E-state index contributed by atoms with van der Waals surface area (Å²) in [5.74, 6) is -1.42. The topological polar surface area (TPSA) is 49.3 Å². The molecular weight excluding hydrogens is 349 g/mol. The smallest absolute Gasteiger partial charge is 0.337 e. The summed E-state index contributed by atoms with van der Waals surface area (Å²) in [6, 6.07) is 9.01. The molecule has 2 aromatic rings. The Hall–Kier alpha value is -1.59. The fourth-order valence-corrected chi connectivity index (χ4v) is 2.26. The highest BCUT2D eigenvalue weighted by Gasteiger charge is 2.09. The third-order valence-corrected chi connectivity index (χ3v) is 3.79. The summed E-state index contributed by atoms with van der Waals surface area (Å²) >= 11 is 9.12. The Morgan fingerprint density at radius 3 is 2.75 bits per heavy atom. The van der Waals surface area contributed by atoms with Crippen LogP contribution in [0.15, 0.2) is 40.9 Å². The maximum absolute atomic E-state index is 13.2. The minimum Gasteiger partial charge on any atom is -0.478 e. The third kappa shape index (κ3) is 3.49. The molecule has 0 atom stereocenters. The quantitative estimate of drug-likeness (QED) is 0.843. The minimum absolute atomic E-state index is 0.0231. The van der Waals surface area contributed by atoms with Crippen LogP contribution in [-0.2, 0) is 6.54 Å². The van der Waals surface area contributed by atoms with Gasteiger partial charge in [0.1, 0.15) is 5.82 Å². The van der Waals surface area contributed by atoms with Gasteiger partial charge in [0, 0.05) is 16.7 Å². The van der Waals surface area contributed by atoms with Crippen LogP contribution in [-0.4, -0.2) is 11.1 Å². The summed E-state index contributed by atoms with van der Waals surface area (Å²) in [6.45, 7) is 0.360. The van der Waals surface area contributed by atoms with Crippen LogP contribution in [0.4, 0.5) is 10.1 Å². The highest BCUT2D eigenvalue weighted by molar-refractivity contribution is 9.10. The van der Waals surface area contributed by atoms with E-state index in [4.69, 9.17) is 16.7 Å². The van der Waals surface area contributed by atoms with Crippen LogP contribution in [0.2, 0.25) is 5.02 Å². The lowest BCUT2D eigenvalue weighted by atomic mass is 10.2. The van der Waals surface area contributed by atoms with Gasteiger partial charge in [-0.05, 0) is 42.0 Å².